The summed E-state index contributed by atoms with van der Waals surface area (Å²) >= 11 is 1.71. The lowest BCUT2D eigenvalue weighted by molar-refractivity contribution is -0.126. The number of hydrogen-bond donors (Lipinski definition) is 2. The molecule has 0 radical (unpaired) electrons. The van der Waals surface area contributed by atoms with Gasteiger partial charge in [-0.05, 0) is 36.8 Å². The van der Waals surface area contributed by atoms with Gasteiger partial charge in [-0.25, -0.2) is 0 Å². The first-order chi connectivity index (χ1) is 11.2. The number of likely N-dealkylation sites (tertiary alicyclic amines) is 1. The lowest BCUT2D eigenvalue weighted by atomic mass is 9.95. The molecule has 0 unspecified atom stereocenters. The van der Waals surface area contributed by atoms with Crippen LogP contribution in [0.25, 0.3) is 0 Å². The molecular weight excluding hydrogens is 312 g/mol. The monoisotopic (exact) mass is 332 g/mol. The Labute approximate surface area is 138 Å². The molecule has 0 aromatic carbocycles. The SMILES string of the molecule is O=C(NCCc1cccs1)C1CCN(C(=O)c2ccn[nH]2)CC1. The summed E-state index contributed by atoms with van der Waals surface area (Å²) < 4.78 is 0. The molecule has 0 spiro atoms. The minimum absolute atomic E-state index is 0.00384. The van der Waals surface area contributed by atoms with Crippen molar-refractivity contribution in [3.05, 3.63) is 40.3 Å². The molecule has 1 aliphatic rings. The normalized spacial score (nSPS) is 15.6. The zero-order valence-corrected chi connectivity index (χ0v) is 13.6. The summed E-state index contributed by atoms with van der Waals surface area (Å²) in [4.78, 5) is 27.5. The van der Waals surface area contributed by atoms with E-state index in [2.05, 4.69) is 21.6 Å². The Hall–Kier alpha value is -2.15. The summed E-state index contributed by atoms with van der Waals surface area (Å²) in [6.45, 7) is 1.90. The number of nitrogens with zero attached hydrogens (tertiary/aromatic N) is 2. The van der Waals surface area contributed by atoms with E-state index in [4.69, 9.17) is 0 Å². The summed E-state index contributed by atoms with van der Waals surface area (Å²) in [5.41, 5.74) is 0.504. The van der Waals surface area contributed by atoms with Gasteiger partial charge in [-0.15, -0.1) is 11.3 Å². The second-order valence-electron chi connectivity index (χ2n) is 5.66. The van der Waals surface area contributed by atoms with Gasteiger partial charge < -0.3 is 10.2 Å². The van der Waals surface area contributed by atoms with Crippen LogP contribution >= 0.6 is 11.3 Å². The van der Waals surface area contributed by atoms with Crippen molar-refractivity contribution in [3.8, 4) is 0 Å². The van der Waals surface area contributed by atoms with Crippen molar-refractivity contribution < 1.29 is 9.59 Å². The topological polar surface area (TPSA) is 78.1 Å². The highest BCUT2D eigenvalue weighted by atomic mass is 32.1. The first kappa shape index (κ1) is 15.7. The van der Waals surface area contributed by atoms with Gasteiger partial charge in [0.15, 0.2) is 0 Å². The van der Waals surface area contributed by atoms with E-state index in [1.807, 2.05) is 11.4 Å². The number of carbonyl (C=O) groups is 2. The van der Waals surface area contributed by atoms with E-state index in [0.29, 0.717) is 38.2 Å². The van der Waals surface area contributed by atoms with Crippen molar-refractivity contribution in [3.63, 3.8) is 0 Å². The molecule has 2 amide bonds. The van der Waals surface area contributed by atoms with E-state index in [9.17, 15) is 9.59 Å². The molecule has 2 N–H and O–H groups in total. The van der Waals surface area contributed by atoms with Crippen LogP contribution in [0.4, 0.5) is 0 Å². The molecule has 1 fully saturated rings. The first-order valence-electron chi connectivity index (χ1n) is 7.83. The maximum Gasteiger partial charge on any atom is 0.271 e. The first-order valence-corrected chi connectivity index (χ1v) is 8.71. The fourth-order valence-corrected chi connectivity index (χ4v) is 3.51. The van der Waals surface area contributed by atoms with Crippen molar-refractivity contribution in [1.29, 1.82) is 0 Å². The summed E-state index contributed by atoms with van der Waals surface area (Å²) in [5, 5.41) is 11.5. The van der Waals surface area contributed by atoms with E-state index < -0.39 is 0 Å². The number of rotatable bonds is 5. The van der Waals surface area contributed by atoms with Crippen LogP contribution in [0.3, 0.4) is 0 Å². The molecular formula is C16H20N4O2S. The van der Waals surface area contributed by atoms with Gasteiger partial charge in [-0.2, -0.15) is 5.10 Å². The van der Waals surface area contributed by atoms with Crippen molar-refractivity contribution >= 4 is 23.2 Å². The van der Waals surface area contributed by atoms with Gasteiger partial charge >= 0.3 is 0 Å². The largest absolute Gasteiger partial charge is 0.355 e. The summed E-state index contributed by atoms with van der Waals surface area (Å²) in [7, 11) is 0. The molecule has 3 heterocycles. The van der Waals surface area contributed by atoms with Crippen LogP contribution in [0, 0.1) is 5.92 Å². The summed E-state index contributed by atoms with van der Waals surface area (Å²) in [6, 6.07) is 5.77. The maximum absolute atomic E-state index is 12.2. The highest BCUT2D eigenvalue weighted by Gasteiger charge is 2.28. The molecule has 0 saturated carbocycles. The zero-order valence-electron chi connectivity index (χ0n) is 12.8. The van der Waals surface area contributed by atoms with E-state index in [1.165, 1.54) is 4.88 Å². The highest BCUT2D eigenvalue weighted by molar-refractivity contribution is 7.09. The Bertz CT molecular complexity index is 631. The van der Waals surface area contributed by atoms with E-state index in [-0.39, 0.29) is 17.7 Å². The molecule has 0 aliphatic carbocycles. The third kappa shape index (κ3) is 3.98. The van der Waals surface area contributed by atoms with Gasteiger partial charge in [-0.1, -0.05) is 6.07 Å². The molecule has 0 atom stereocenters. The average molecular weight is 332 g/mol. The quantitative estimate of drug-likeness (QED) is 0.874. The minimum atomic E-state index is -0.0425. The second kappa shape index (κ2) is 7.41. The Morgan fingerprint density at radius 1 is 1.35 bits per heavy atom. The Kier molecular flexibility index (Phi) is 5.07. The third-order valence-electron chi connectivity index (χ3n) is 4.13. The molecule has 2 aromatic rings. The number of nitrogens with one attached hydrogen (secondary N) is 2. The Morgan fingerprint density at radius 3 is 2.83 bits per heavy atom. The van der Waals surface area contributed by atoms with Crippen LogP contribution in [0.5, 0.6) is 0 Å². The minimum Gasteiger partial charge on any atom is -0.355 e. The molecule has 3 rings (SSSR count). The number of carbonyl (C=O) groups excluding carboxylic acids is 2. The Balaban J connectivity index is 1.41. The van der Waals surface area contributed by atoms with Gasteiger partial charge in [0.05, 0.1) is 0 Å². The third-order valence-corrected chi connectivity index (χ3v) is 5.07. The van der Waals surface area contributed by atoms with Crippen molar-refractivity contribution in [2.24, 2.45) is 5.92 Å². The molecule has 0 bridgehead atoms. The second-order valence-corrected chi connectivity index (χ2v) is 6.69. The van der Waals surface area contributed by atoms with E-state index in [1.54, 1.807) is 28.5 Å². The van der Waals surface area contributed by atoms with Gasteiger partial charge in [-0.3, -0.25) is 14.7 Å². The smallest absolute Gasteiger partial charge is 0.271 e. The number of aromatic nitrogens is 2. The standard InChI is InChI=1S/C16H20N4O2S/c21-15(17-7-3-13-2-1-11-23-13)12-5-9-20(10-6-12)16(22)14-4-8-18-19-14/h1-2,4,8,11-12H,3,5-7,9-10H2,(H,17,21)(H,18,19). The molecule has 6 nitrogen and oxygen atoms in total. The number of hydrogen-bond acceptors (Lipinski definition) is 4. The summed E-state index contributed by atoms with van der Waals surface area (Å²) in [6.07, 6.45) is 3.87. The number of H-pyrrole nitrogens is 1. The highest BCUT2D eigenvalue weighted by Crippen LogP contribution is 2.19. The maximum atomic E-state index is 12.2. The summed E-state index contributed by atoms with van der Waals surface area (Å²) in [5.74, 6) is 0.0680. The predicted octanol–water partition coefficient (Wildman–Crippen LogP) is 1.68. The van der Waals surface area contributed by atoms with E-state index >= 15 is 0 Å². The fourth-order valence-electron chi connectivity index (χ4n) is 2.80. The number of amides is 2. The van der Waals surface area contributed by atoms with Crippen LogP contribution in [0.15, 0.2) is 29.8 Å². The molecule has 7 heteroatoms. The van der Waals surface area contributed by atoms with Crippen LogP contribution in [-0.2, 0) is 11.2 Å². The van der Waals surface area contributed by atoms with Gasteiger partial charge in [0.2, 0.25) is 5.91 Å². The average Bonchev–Trinajstić information content (AvgIpc) is 3.28. The van der Waals surface area contributed by atoms with Crippen LogP contribution in [0.2, 0.25) is 0 Å². The van der Waals surface area contributed by atoms with Crippen molar-refractivity contribution in [1.82, 2.24) is 20.4 Å². The van der Waals surface area contributed by atoms with Crippen LogP contribution in [-0.4, -0.2) is 46.5 Å². The van der Waals surface area contributed by atoms with Gasteiger partial charge in [0.25, 0.3) is 5.91 Å². The van der Waals surface area contributed by atoms with Crippen LogP contribution < -0.4 is 5.32 Å². The predicted molar refractivity (Wildman–Crippen MR) is 88.2 cm³/mol. The Morgan fingerprint density at radius 2 is 2.17 bits per heavy atom. The lowest BCUT2D eigenvalue weighted by Crippen LogP contribution is -2.43. The lowest BCUT2D eigenvalue weighted by Gasteiger charge is -2.31. The van der Waals surface area contributed by atoms with Crippen molar-refractivity contribution in [2.75, 3.05) is 19.6 Å². The number of piperidine rings is 1. The van der Waals surface area contributed by atoms with Crippen LogP contribution in [0.1, 0.15) is 28.2 Å². The molecule has 2 aromatic heterocycles. The number of aromatic amines is 1. The van der Waals surface area contributed by atoms with Crippen molar-refractivity contribution in [2.45, 2.75) is 19.3 Å². The number of thiophene rings is 1. The molecule has 1 aliphatic heterocycles. The molecule has 122 valence electrons. The van der Waals surface area contributed by atoms with Gasteiger partial charge in [0, 0.05) is 36.6 Å². The molecule has 23 heavy (non-hydrogen) atoms. The van der Waals surface area contributed by atoms with E-state index in [0.717, 1.165) is 6.42 Å². The zero-order chi connectivity index (χ0) is 16.1. The fraction of sp³-hybridized carbons (Fsp3) is 0.438. The molecule has 1 saturated heterocycles. The van der Waals surface area contributed by atoms with Gasteiger partial charge in [0.1, 0.15) is 5.69 Å².